The van der Waals surface area contributed by atoms with Crippen molar-refractivity contribution in [3.63, 3.8) is 0 Å². The summed E-state index contributed by atoms with van der Waals surface area (Å²) in [6, 6.07) is 8.36. The summed E-state index contributed by atoms with van der Waals surface area (Å²) in [5.74, 6) is 0.886. The zero-order valence-corrected chi connectivity index (χ0v) is 15.4. The van der Waals surface area contributed by atoms with Crippen LogP contribution >= 0.6 is 0 Å². The van der Waals surface area contributed by atoms with Crippen molar-refractivity contribution in [2.75, 3.05) is 27.4 Å². The normalized spacial score (nSPS) is 16.1. The fraction of sp³-hybridized carbons (Fsp3) is 0.421. The van der Waals surface area contributed by atoms with Gasteiger partial charge in [-0.1, -0.05) is 0 Å². The highest BCUT2D eigenvalue weighted by Crippen LogP contribution is 2.31. The van der Waals surface area contributed by atoms with Crippen molar-refractivity contribution in [3.05, 3.63) is 40.7 Å². The third-order valence-electron chi connectivity index (χ3n) is 4.39. The van der Waals surface area contributed by atoms with Gasteiger partial charge in [-0.05, 0) is 37.1 Å². The Labute approximate surface area is 157 Å². The molecule has 27 heavy (non-hydrogen) atoms. The van der Waals surface area contributed by atoms with Gasteiger partial charge in [-0.15, -0.1) is 0 Å². The van der Waals surface area contributed by atoms with Crippen molar-refractivity contribution in [2.24, 2.45) is 0 Å². The van der Waals surface area contributed by atoms with Crippen molar-refractivity contribution >= 4 is 5.91 Å². The highest BCUT2D eigenvalue weighted by Gasteiger charge is 2.17. The molecule has 1 aromatic carbocycles. The van der Waals surface area contributed by atoms with Crippen LogP contribution in [-0.4, -0.2) is 49.2 Å². The summed E-state index contributed by atoms with van der Waals surface area (Å²) < 4.78 is 17.2. The number of benzene rings is 1. The number of aromatic nitrogens is 2. The van der Waals surface area contributed by atoms with Crippen LogP contribution in [0.25, 0.3) is 11.3 Å². The predicted octanol–water partition coefficient (Wildman–Crippen LogP) is 1.22. The Hall–Kier alpha value is -2.87. The summed E-state index contributed by atoms with van der Waals surface area (Å²) in [5, 5.41) is 7.10. The number of methoxy groups -OCH3 is 2. The van der Waals surface area contributed by atoms with Crippen molar-refractivity contribution < 1.29 is 19.0 Å². The van der Waals surface area contributed by atoms with Gasteiger partial charge in [0.1, 0.15) is 6.54 Å². The molecule has 1 aliphatic rings. The first-order chi connectivity index (χ1) is 13.1. The number of hydrogen-bond donors (Lipinski definition) is 1. The number of carbonyl (C=O) groups excluding carboxylic acids is 1. The van der Waals surface area contributed by atoms with Crippen LogP contribution in [0.4, 0.5) is 0 Å². The third kappa shape index (κ3) is 4.65. The van der Waals surface area contributed by atoms with Gasteiger partial charge in [0, 0.05) is 24.8 Å². The van der Waals surface area contributed by atoms with E-state index in [9.17, 15) is 9.59 Å². The lowest BCUT2D eigenvalue weighted by molar-refractivity contribution is -0.122. The monoisotopic (exact) mass is 373 g/mol. The first-order valence-corrected chi connectivity index (χ1v) is 8.79. The van der Waals surface area contributed by atoms with Crippen molar-refractivity contribution in [3.8, 4) is 22.8 Å². The average Bonchev–Trinajstić information content (AvgIpc) is 3.21. The van der Waals surface area contributed by atoms with Gasteiger partial charge in [0.15, 0.2) is 11.5 Å². The molecule has 8 nitrogen and oxygen atoms in total. The summed E-state index contributed by atoms with van der Waals surface area (Å²) in [5.41, 5.74) is 0.968. The lowest BCUT2D eigenvalue weighted by atomic mass is 10.1. The van der Waals surface area contributed by atoms with Crippen LogP contribution in [0, 0.1) is 0 Å². The number of amides is 1. The van der Waals surface area contributed by atoms with Crippen molar-refractivity contribution in [1.29, 1.82) is 0 Å². The number of rotatable bonds is 7. The maximum absolute atomic E-state index is 12.2. The second-order valence-corrected chi connectivity index (χ2v) is 6.22. The minimum atomic E-state index is -0.341. The number of nitrogens with zero attached hydrogens (tertiary/aromatic N) is 2. The molecular weight excluding hydrogens is 350 g/mol. The highest BCUT2D eigenvalue weighted by atomic mass is 16.5. The summed E-state index contributed by atoms with van der Waals surface area (Å²) in [6.07, 6.45) is 2.00. The molecule has 3 rings (SSSR count). The maximum Gasteiger partial charge on any atom is 0.267 e. The zero-order valence-electron chi connectivity index (χ0n) is 15.4. The largest absolute Gasteiger partial charge is 0.493 e. The first-order valence-electron chi connectivity index (χ1n) is 8.79. The minimum Gasteiger partial charge on any atom is -0.493 e. The van der Waals surface area contributed by atoms with Crippen molar-refractivity contribution in [2.45, 2.75) is 25.5 Å². The molecule has 1 saturated heterocycles. The topological polar surface area (TPSA) is 91.7 Å². The molecule has 2 aromatic rings. The standard InChI is InChI=1S/C19H23N3O5/c1-25-16-7-5-13(10-17(16)26-2)15-6-8-19(24)22(21-15)12-18(23)20-11-14-4-3-9-27-14/h5-8,10,14H,3-4,9,11-12H2,1-2H3,(H,20,23). The third-order valence-corrected chi connectivity index (χ3v) is 4.39. The molecule has 1 fully saturated rings. The molecule has 0 bridgehead atoms. The average molecular weight is 373 g/mol. The number of ether oxygens (including phenoxy) is 3. The Morgan fingerprint density at radius 1 is 1.26 bits per heavy atom. The molecule has 0 spiro atoms. The fourth-order valence-electron chi connectivity index (χ4n) is 2.94. The smallest absolute Gasteiger partial charge is 0.267 e. The first kappa shape index (κ1) is 18.9. The van der Waals surface area contributed by atoms with Crippen LogP contribution in [0.2, 0.25) is 0 Å². The molecule has 1 unspecified atom stereocenters. The molecular formula is C19H23N3O5. The van der Waals surface area contributed by atoms with Gasteiger partial charge < -0.3 is 19.5 Å². The van der Waals surface area contributed by atoms with Crippen LogP contribution in [0.1, 0.15) is 12.8 Å². The SMILES string of the molecule is COc1ccc(-c2ccc(=O)n(CC(=O)NCC3CCCO3)n2)cc1OC. The number of carbonyl (C=O) groups is 1. The van der Waals surface area contributed by atoms with Gasteiger partial charge in [-0.2, -0.15) is 5.10 Å². The van der Waals surface area contributed by atoms with E-state index in [1.54, 1.807) is 32.4 Å². The molecule has 0 aliphatic carbocycles. The second kappa shape index (κ2) is 8.68. The minimum absolute atomic E-state index is 0.0525. The molecule has 1 aliphatic heterocycles. The maximum atomic E-state index is 12.2. The van der Waals surface area contributed by atoms with E-state index < -0.39 is 0 Å². The fourth-order valence-corrected chi connectivity index (χ4v) is 2.94. The Morgan fingerprint density at radius 3 is 2.78 bits per heavy atom. The van der Waals surface area contributed by atoms with E-state index in [0.29, 0.717) is 23.7 Å². The van der Waals surface area contributed by atoms with Crippen LogP contribution in [0.3, 0.4) is 0 Å². The van der Waals surface area contributed by atoms with Crippen LogP contribution in [0.5, 0.6) is 11.5 Å². The van der Waals surface area contributed by atoms with Crippen LogP contribution < -0.4 is 20.3 Å². The van der Waals surface area contributed by atoms with Gasteiger partial charge in [0.2, 0.25) is 5.91 Å². The van der Waals surface area contributed by atoms with E-state index in [1.165, 1.54) is 6.07 Å². The lowest BCUT2D eigenvalue weighted by Crippen LogP contribution is -2.37. The molecule has 2 heterocycles. The Kier molecular flexibility index (Phi) is 6.08. The number of nitrogens with one attached hydrogen (secondary N) is 1. The molecule has 0 saturated carbocycles. The second-order valence-electron chi connectivity index (χ2n) is 6.22. The summed E-state index contributed by atoms with van der Waals surface area (Å²) in [6.45, 7) is 1.03. The summed E-state index contributed by atoms with van der Waals surface area (Å²) in [7, 11) is 3.11. The lowest BCUT2D eigenvalue weighted by Gasteiger charge is -2.12. The summed E-state index contributed by atoms with van der Waals surface area (Å²) >= 11 is 0. The summed E-state index contributed by atoms with van der Waals surface area (Å²) in [4.78, 5) is 24.2. The predicted molar refractivity (Wildman–Crippen MR) is 99.0 cm³/mol. The molecule has 1 aromatic heterocycles. The molecule has 1 amide bonds. The molecule has 1 atom stereocenters. The molecule has 144 valence electrons. The molecule has 8 heteroatoms. The van der Waals surface area contributed by atoms with E-state index in [0.717, 1.165) is 29.7 Å². The zero-order chi connectivity index (χ0) is 19.2. The van der Waals surface area contributed by atoms with Gasteiger partial charge in [0.05, 0.1) is 26.0 Å². The Morgan fingerprint density at radius 2 is 2.07 bits per heavy atom. The van der Waals surface area contributed by atoms with Gasteiger partial charge in [-0.25, -0.2) is 4.68 Å². The molecule has 0 radical (unpaired) electrons. The number of hydrogen-bond acceptors (Lipinski definition) is 6. The quantitative estimate of drug-likeness (QED) is 0.785. The van der Waals surface area contributed by atoms with Crippen molar-refractivity contribution in [1.82, 2.24) is 15.1 Å². The highest BCUT2D eigenvalue weighted by molar-refractivity contribution is 5.75. The van der Waals surface area contributed by atoms with E-state index in [2.05, 4.69) is 10.4 Å². The van der Waals surface area contributed by atoms with Gasteiger partial charge in [-0.3, -0.25) is 9.59 Å². The van der Waals surface area contributed by atoms with E-state index in [-0.39, 0.29) is 24.1 Å². The van der Waals surface area contributed by atoms with E-state index in [1.807, 2.05) is 6.07 Å². The van der Waals surface area contributed by atoms with Gasteiger partial charge >= 0.3 is 0 Å². The Balaban J connectivity index is 1.74. The van der Waals surface area contributed by atoms with Crippen LogP contribution in [-0.2, 0) is 16.1 Å². The van der Waals surface area contributed by atoms with Gasteiger partial charge in [0.25, 0.3) is 5.56 Å². The Bertz CT molecular complexity index is 859. The van der Waals surface area contributed by atoms with Crippen LogP contribution in [0.15, 0.2) is 35.1 Å². The molecule has 1 N–H and O–H groups in total. The van der Waals surface area contributed by atoms with E-state index >= 15 is 0 Å². The van der Waals surface area contributed by atoms with E-state index in [4.69, 9.17) is 14.2 Å².